The third kappa shape index (κ3) is 5.72. The molecule has 0 aromatic heterocycles. The number of nitrogens with one attached hydrogen (secondary N) is 2. The lowest BCUT2D eigenvalue weighted by Gasteiger charge is -2.30. The summed E-state index contributed by atoms with van der Waals surface area (Å²) in [6.45, 7) is 4.61. The van der Waals surface area contributed by atoms with Crippen molar-refractivity contribution in [2.75, 3.05) is 49.7 Å². The van der Waals surface area contributed by atoms with Crippen LogP contribution in [0.25, 0.3) is 0 Å². The van der Waals surface area contributed by atoms with Crippen molar-refractivity contribution in [1.29, 1.82) is 0 Å². The third-order valence-corrected chi connectivity index (χ3v) is 4.37. The molecular weight excluding hydrogens is 358 g/mol. The van der Waals surface area contributed by atoms with E-state index in [1.54, 1.807) is 12.1 Å². The lowest BCUT2D eigenvalue weighted by Crippen LogP contribution is -2.38. The summed E-state index contributed by atoms with van der Waals surface area (Å²) < 4.78 is 10.8. The molecule has 0 bridgehead atoms. The van der Waals surface area contributed by atoms with Crippen LogP contribution >= 0.6 is 0 Å². The minimum atomic E-state index is -0.350. The van der Waals surface area contributed by atoms with Gasteiger partial charge in [-0.1, -0.05) is 29.8 Å². The van der Waals surface area contributed by atoms with Gasteiger partial charge in [0.1, 0.15) is 5.75 Å². The molecule has 1 fully saturated rings. The molecule has 0 atom stereocenters. The molecule has 2 aromatic rings. The van der Waals surface area contributed by atoms with Crippen LogP contribution in [0, 0.1) is 6.92 Å². The molecule has 0 radical (unpaired) electrons. The first-order valence-electron chi connectivity index (χ1n) is 9.29. The number of morpholine rings is 1. The second-order valence-electron chi connectivity index (χ2n) is 6.54. The molecule has 1 saturated heterocycles. The van der Waals surface area contributed by atoms with Crippen LogP contribution in [0.15, 0.2) is 48.5 Å². The van der Waals surface area contributed by atoms with Crippen molar-refractivity contribution in [3.8, 4) is 5.75 Å². The van der Waals surface area contributed by atoms with E-state index in [0.717, 1.165) is 30.0 Å². The maximum atomic E-state index is 12.3. The summed E-state index contributed by atoms with van der Waals surface area (Å²) in [4.78, 5) is 26.3. The summed E-state index contributed by atoms with van der Waals surface area (Å²) in [5.74, 6) is -0.0220. The van der Waals surface area contributed by atoms with Gasteiger partial charge >= 0.3 is 0 Å². The SMILES string of the molecule is Cc1ccc(OCC(=O)NCC(=O)Nc2ccccc2N2CCOCC2)cc1. The highest BCUT2D eigenvalue weighted by Crippen LogP contribution is 2.26. The van der Waals surface area contributed by atoms with E-state index in [1.165, 1.54) is 0 Å². The lowest BCUT2D eigenvalue weighted by molar-refractivity contribution is -0.125. The number of hydrogen-bond acceptors (Lipinski definition) is 5. The Hall–Kier alpha value is -3.06. The average molecular weight is 383 g/mol. The second-order valence-corrected chi connectivity index (χ2v) is 6.54. The lowest BCUT2D eigenvalue weighted by atomic mass is 10.2. The summed E-state index contributed by atoms with van der Waals surface area (Å²) in [5, 5.41) is 5.44. The van der Waals surface area contributed by atoms with E-state index in [0.29, 0.717) is 19.0 Å². The van der Waals surface area contributed by atoms with Gasteiger partial charge in [-0.3, -0.25) is 9.59 Å². The molecule has 28 heavy (non-hydrogen) atoms. The Kier molecular flexibility index (Phi) is 6.86. The zero-order valence-electron chi connectivity index (χ0n) is 15.9. The number of anilines is 2. The van der Waals surface area contributed by atoms with Gasteiger partial charge in [0.2, 0.25) is 5.91 Å². The maximum Gasteiger partial charge on any atom is 0.258 e. The molecule has 2 N–H and O–H groups in total. The first kappa shape index (κ1) is 19.7. The normalized spacial score (nSPS) is 13.7. The van der Waals surface area contributed by atoms with Crippen molar-refractivity contribution in [2.45, 2.75) is 6.92 Å². The fraction of sp³-hybridized carbons (Fsp3) is 0.333. The molecule has 0 aliphatic carbocycles. The molecule has 7 nitrogen and oxygen atoms in total. The zero-order chi connectivity index (χ0) is 19.8. The zero-order valence-corrected chi connectivity index (χ0v) is 15.9. The first-order valence-corrected chi connectivity index (χ1v) is 9.29. The predicted molar refractivity (Wildman–Crippen MR) is 108 cm³/mol. The molecule has 1 aliphatic rings. The minimum absolute atomic E-state index is 0.118. The Morgan fingerprint density at radius 1 is 1.04 bits per heavy atom. The fourth-order valence-electron chi connectivity index (χ4n) is 2.87. The molecule has 2 amide bonds. The van der Waals surface area contributed by atoms with E-state index < -0.39 is 0 Å². The van der Waals surface area contributed by atoms with Crippen LogP contribution in [0.4, 0.5) is 11.4 Å². The van der Waals surface area contributed by atoms with Crippen LogP contribution in [0.3, 0.4) is 0 Å². The Bertz CT molecular complexity index is 802. The standard InChI is InChI=1S/C21H25N3O4/c1-16-6-8-17(9-7-16)28-15-21(26)22-14-20(25)23-18-4-2-3-5-19(18)24-10-12-27-13-11-24/h2-9H,10-15H2,1H3,(H,22,26)(H,23,25). The van der Waals surface area contributed by atoms with Crippen molar-refractivity contribution in [2.24, 2.45) is 0 Å². The Morgan fingerprint density at radius 3 is 2.50 bits per heavy atom. The van der Waals surface area contributed by atoms with Gasteiger partial charge in [0.05, 0.1) is 31.1 Å². The van der Waals surface area contributed by atoms with Crippen LogP contribution in [-0.4, -0.2) is 51.3 Å². The number of rotatable bonds is 7. The van der Waals surface area contributed by atoms with Crippen LogP contribution in [0.5, 0.6) is 5.75 Å². The van der Waals surface area contributed by atoms with Gasteiger partial charge in [-0.2, -0.15) is 0 Å². The van der Waals surface area contributed by atoms with Crippen molar-refractivity contribution >= 4 is 23.2 Å². The fourth-order valence-corrected chi connectivity index (χ4v) is 2.87. The van der Waals surface area contributed by atoms with Gasteiger partial charge in [0.15, 0.2) is 6.61 Å². The van der Waals surface area contributed by atoms with Gasteiger partial charge in [-0.05, 0) is 31.2 Å². The number of carbonyl (C=O) groups is 2. The van der Waals surface area contributed by atoms with E-state index >= 15 is 0 Å². The molecule has 7 heteroatoms. The number of amides is 2. The summed E-state index contributed by atoms with van der Waals surface area (Å²) in [6, 6.07) is 15.0. The maximum absolute atomic E-state index is 12.3. The topological polar surface area (TPSA) is 79.9 Å². The quantitative estimate of drug-likeness (QED) is 0.764. The summed E-state index contributed by atoms with van der Waals surface area (Å²) in [7, 11) is 0. The van der Waals surface area contributed by atoms with Gasteiger partial charge in [0.25, 0.3) is 5.91 Å². The molecule has 0 spiro atoms. The van der Waals surface area contributed by atoms with Crippen LogP contribution in [0.2, 0.25) is 0 Å². The largest absolute Gasteiger partial charge is 0.484 e. The molecule has 0 saturated carbocycles. The average Bonchev–Trinajstić information content (AvgIpc) is 2.73. The van der Waals surface area contributed by atoms with Gasteiger partial charge in [-0.25, -0.2) is 0 Å². The smallest absolute Gasteiger partial charge is 0.258 e. The minimum Gasteiger partial charge on any atom is -0.484 e. The van der Waals surface area contributed by atoms with E-state index in [9.17, 15) is 9.59 Å². The van der Waals surface area contributed by atoms with Crippen molar-refractivity contribution in [1.82, 2.24) is 5.32 Å². The number of aryl methyl sites for hydroxylation is 1. The van der Waals surface area contributed by atoms with E-state index in [2.05, 4.69) is 15.5 Å². The number of para-hydroxylation sites is 2. The van der Waals surface area contributed by atoms with Crippen LogP contribution in [-0.2, 0) is 14.3 Å². The molecule has 148 valence electrons. The van der Waals surface area contributed by atoms with E-state index in [1.807, 2.05) is 43.3 Å². The Labute approximate surface area is 164 Å². The Morgan fingerprint density at radius 2 is 1.75 bits per heavy atom. The van der Waals surface area contributed by atoms with E-state index in [-0.39, 0.29) is 25.0 Å². The second kappa shape index (κ2) is 9.75. The van der Waals surface area contributed by atoms with Crippen molar-refractivity contribution in [3.05, 3.63) is 54.1 Å². The van der Waals surface area contributed by atoms with Gasteiger partial charge in [-0.15, -0.1) is 0 Å². The van der Waals surface area contributed by atoms with Crippen molar-refractivity contribution in [3.63, 3.8) is 0 Å². The van der Waals surface area contributed by atoms with Gasteiger partial charge < -0.3 is 25.0 Å². The number of carbonyl (C=O) groups excluding carboxylic acids is 2. The molecule has 1 aliphatic heterocycles. The Balaban J connectivity index is 1.46. The molecule has 0 unspecified atom stereocenters. The third-order valence-electron chi connectivity index (χ3n) is 4.37. The molecular formula is C21H25N3O4. The van der Waals surface area contributed by atoms with Crippen molar-refractivity contribution < 1.29 is 19.1 Å². The number of nitrogens with zero attached hydrogens (tertiary/aromatic N) is 1. The van der Waals surface area contributed by atoms with Crippen LogP contribution < -0.4 is 20.3 Å². The predicted octanol–water partition coefficient (Wildman–Crippen LogP) is 1.97. The van der Waals surface area contributed by atoms with E-state index in [4.69, 9.17) is 9.47 Å². The molecule has 1 heterocycles. The number of ether oxygens (including phenoxy) is 2. The summed E-state index contributed by atoms with van der Waals surface area (Å²) >= 11 is 0. The van der Waals surface area contributed by atoms with Gasteiger partial charge in [0, 0.05) is 13.1 Å². The highest BCUT2D eigenvalue weighted by molar-refractivity contribution is 5.97. The molecule has 3 rings (SSSR count). The number of benzene rings is 2. The van der Waals surface area contributed by atoms with Crippen LogP contribution in [0.1, 0.15) is 5.56 Å². The summed E-state index contributed by atoms with van der Waals surface area (Å²) in [5.41, 5.74) is 2.79. The molecule has 2 aromatic carbocycles. The number of hydrogen-bond donors (Lipinski definition) is 2. The highest BCUT2D eigenvalue weighted by atomic mass is 16.5. The monoisotopic (exact) mass is 383 g/mol. The highest BCUT2D eigenvalue weighted by Gasteiger charge is 2.16. The first-order chi connectivity index (χ1) is 13.6. The summed E-state index contributed by atoms with van der Waals surface area (Å²) in [6.07, 6.45) is 0.